The summed E-state index contributed by atoms with van der Waals surface area (Å²) in [7, 11) is 3.55. The van der Waals surface area contributed by atoms with Crippen molar-refractivity contribution in [3.05, 3.63) is 0 Å². The second-order valence-corrected chi connectivity index (χ2v) is 6.97. The van der Waals surface area contributed by atoms with Crippen molar-refractivity contribution < 1.29 is 14.3 Å². The first kappa shape index (κ1) is 16.8. The summed E-state index contributed by atoms with van der Waals surface area (Å²) < 4.78 is 5.29. The molecule has 0 bridgehead atoms. The molecule has 5 nitrogen and oxygen atoms in total. The molecule has 0 unspecified atom stereocenters. The number of carbonyl (C=O) groups is 2. The van der Waals surface area contributed by atoms with E-state index in [1.54, 1.807) is 19.0 Å². The number of hydrogen-bond acceptors (Lipinski definition) is 3. The fraction of sp³-hybridized carbons (Fsp3) is 0.867. The van der Waals surface area contributed by atoms with E-state index in [0.29, 0.717) is 12.3 Å². The van der Waals surface area contributed by atoms with E-state index < -0.39 is 11.7 Å². The van der Waals surface area contributed by atoms with Gasteiger partial charge in [-0.15, -0.1) is 0 Å². The Hall–Kier alpha value is -1.26. The lowest BCUT2D eigenvalue weighted by Gasteiger charge is -2.35. The molecule has 1 N–H and O–H groups in total. The maximum Gasteiger partial charge on any atom is 0.407 e. The molecule has 2 amide bonds. The number of rotatable bonds is 2. The highest BCUT2D eigenvalue weighted by Gasteiger charge is 2.34. The third-order valence-electron chi connectivity index (χ3n) is 3.69. The second-order valence-electron chi connectivity index (χ2n) is 6.97. The van der Waals surface area contributed by atoms with Crippen LogP contribution < -0.4 is 5.32 Å². The fourth-order valence-electron chi connectivity index (χ4n) is 2.57. The van der Waals surface area contributed by atoms with Crippen molar-refractivity contribution >= 4 is 12.0 Å². The minimum Gasteiger partial charge on any atom is -0.444 e. The second kappa shape index (κ2) is 6.46. The summed E-state index contributed by atoms with van der Waals surface area (Å²) in [4.78, 5) is 25.5. The van der Waals surface area contributed by atoms with Crippen molar-refractivity contribution in [2.75, 3.05) is 14.1 Å². The zero-order chi connectivity index (χ0) is 15.5. The van der Waals surface area contributed by atoms with E-state index in [-0.39, 0.29) is 17.9 Å². The molecule has 0 heterocycles. The van der Waals surface area contributed by atoms with E-state index >= 15 is 0 Å². The van der Waals surface area contributed by atoms with Gasteiger partial charge >= 0.3 is 6.09 Å². The van der Waals surface area contributed by atoms with Gasteiger partial charge in [0.15, 0.2) is 0 Å². The number of ether oxygens (including phenoxy) is 1. The van der Waals surface area contributed by atoms with Gasteiger partial charge in [-0.25, -0.2) is 4.79 Å². The molecule has 3 atom stereocenters. The standard InChI is InChI=1S/C15H28N2O3/c1-10-7-8-11(13(18)17(5)6)9-12(10)16-14(19)20-15(2,3)4/h10-12H,7-9H2,1-6H3,(H,16,19)/t10-,11-,12+/m0/s1. The molecular weight excluding hydrogens is 256 g/mol. The molecule has 1 fully saturated rings. The predicted molar refractivity (Wildman–Crippen MR) is 78.4 cm³/mol. The van der Waals surface area contributed by atoms with Gasteiger partial charge in [-0.1, -0.05) is 6.92 Å². The predicted octanol–water partition coefficient (Wildman–Crippen LogP) is 2.40. The average molecular weight is 284 g/mol. The molecule has 0 aliphatic heterocycles. The Bertz CT molecular complexity index is 361. The lowest BCUT2D eigenvalue weighted by molar-refractivity contribution is -0.134. The molecule has 0 spiro atoms. The smallest absolute Gasteiger partial charge is 0.407 e. The molecule has 0 saturated heterocycles. The van der Waals surface area contributed by atoms with Gasteiger partial charge in [-0.05, 0) is 46.0 Å². The van der Waals surface area contributed by atoms with E-state index in [0.717, 1.165) is 12.8 Å². The van der Waals surface area contributed by atoms with Crippen LogP contribution in [-0.4, -0.2) is 42.6 Å². The molecule has 1 rings (SSSR count). The van der Waals surface area contributed by atoms with Crippen LogP contribution in [0, 0.1) is 11.8 Å². The Morgan fingerprint density at radius 1 is 1.20 bits per heavy atom. The SMILES string of the molecule is C[C@H]1CC[C@H](C(=O)N(C)C)C[C@H]1NC(=O)OC(C)(C)C. The minimum atomic E-state index is -0.499. The lowest BCUT2D eigenvalue weighted by Crippen LogP contribution is -2.47. The first-order chi connectivity index (χ1) is 9.10. The highest BCUT2D eigenvalue weighted by atomic mass is 16.6. The van der Waals surface area contributed by atoms with Crippen LogP contribution in [0.4, 0.5) is 4.79 Å². The van der Waals surface area contributed by atoms with E-state index in [2.05, 4.69) is 12.2 Å². The summed E-state index contributed by atoms with van der Waals surface area (Å²) in [6, 6.07) is 0.00694. The Labute approximate surface area is 122 Å². The average Bonchev–Trinajstić information content (AvgIpc) is 2.28. The van der Waals surface area contributed by atoms with E-state index in [4.69, 9.17) is 4.74 Å². The summed E-state index contributed by atoms with van der Waals surface area (Å²) in [5.74, 6) is 0.516. The van der Waals surface area contributed by atoms with Gasteiger partial charge in [0.05, 0.1) is 0 Å². The molecule has 0 aromatic rings. The quantitative estimate of drug-likeness (QED) is 0.847. The normalized spacial score (nSPS) is 26.8. The van der Waals surface area contributed by atoms with Crippen LogP contribution in [0.15, 0.2) is 0 Å². The Morgan fingerprint density at radius 3 is 2.30 bits per heavy atom. The number of carbonyl (C=O) groups excluding carboxylic acids is 2. The highest BCUT2D eigenvalue weighted by Crippen LogP contribution is 2.30. The maximum atomic E-state index is 12.0. The van der Waals surface area contributed by atoms with Gasteiger partial charge in [-0.3, -0.25) is 4.79 Å². The summed E-state index contributed by atoms with van der Waals surface area (Å²) in [6.45, 7) is 7.64. The minimum absolute atomic E-state index is 0.00105. The van der Waals surface area contributed by atoms with Crippen LogP contribution in [0.1, 0.15) is 47.0 Å². The molecule has 0 aromatic carbocycles. The van der Waals surface area contributed by atoms with Crippen LogP contribution in [0.5, 0.6) is 0 Å². The van der Waals surface area contributed by atoms with Gasteiger partial charge in [0.25, 0.3) is 0 Å². The molecule has 5 heteroatoms. The monoisotopic (exact) mass is 284 g/mol. The van der Waals surface area contributed by atoms with Crippen LogP contribution >= 0.6 is 0 Å². The molecule has 1 saturated carbocycles. The van der Waals surface area contributed by atoms with E-state index in [1.165, 1.54) is 0 Å². The van der Waals surface area contributed by atoms with Gasteiger partial charge in [-0.2, -0.15) is 0 Å². The summed E-state index contributed by atoms with van der Waals surface area (Å²) in [5.41, 5.74) is -0.499. The van der Waals surface area contributed by atoms with Gasteiger partial charge in [0, 0.05) is 26.1 Å². The van der Waals surface area contributed by atoms with Crippen molar-refractivity contribution in [3.63, 3.8) is 0 Å². The first-order valence-electron chi connectivity index (χ1n) is 7.31. The summed E-state index contributed by atoms with van der Waals surface area (Å²) in [6.07, 6.45) is 2.14. The van der Waals surface area contributed by atoms with Crippen LogP contribution in [0.2, 0.25) is 0 Å². The Kier molecular flexibility index (Phi) is 5.42. The van der Waals surface area contributed by atoms with Gasteiger partial charge in [0.2, 0.25) is 5.91 Å². The Balaban J connectivity index is 2.59. The summed E-state index contributed by atoms with van der Waals surface area (Å²) >= 11 is 0. The lowest BCUT2D eigenvalue weighted by atomic mass is 9.78. The number of nitrogens with one attached hydrogen (secondary N) is 1. The van der Waals surface area contributed by atoms with Gasteiger partial charge in [0.1, 0.15) is 5.60 Å². The number of amides is 2. The van der Waals surface area contributed by atoms with Crippen molar-refractivity contribution in [3.8, 4) is 0 Å². The third kappa shape index (κ3) is 5.02. The number of hydrogen-bond donors (Lipinski definition) is 1. The van der Waals surface area contributed by atoms with E-state index in [1.807, 2.05) is 20.8 Å². The zero-order valence-corrected chi connectivity index (χ0v) is 13.5. The number of alkyl carbamates (subject to hydrolysis) is 1. The largest absolute Gasteiger partial charge is 0.444 e. The van der Waals surface area contributed by atoms with Crippen molar-refractivity contribution in [2.45, 2.75) is 58.6 Å². The number of nitrogens with zero attached hydrogens (tertiary/aromatic N) is 1. The Morgan fingerprint density at radius 2 is 1.80 bits per heavy atom. The molecule has 1 aliphatic rings. The molecule has 1 aliphatic carbocycles. The molecule has 0 radical (unpaired) electrons. The van der Waals surface area contributed by atoms with Crippen molar-refractivity contribution in [2.24, 2.45) is 11.8 Å². The molecule has 116 valence electrons. The molecule has 20 heavy (non-hydrogen) atoms. The van der Waals surface area contributed by atoms with Crippen molar-refractivity contribution in [1.82, 2.24) is 10.2 Å². The van der Waals surface area contributed by atoms with E-state index in [9.17, 15) is 9.59 Å². The fourth-order valence-corrected chi connectivity index (χ4v) is 2.57. The van der Waals surface area contributed by atoms with Crippen LogP contribution in [0.3, 0.4) is 0 Å². The third-order valence-corrected chi connectivity index (χ3v) is 3.69. The molecular formula is C15H28N2O3. The highest BCUT2D eigenvalue weighted by molar-refractivity contribution is 5.78. The van der Waals surface area contributed by atoms with Gasteiger partial charge < -0.3 is 15.0 Å². The van der Waals surface area contributed by atoms with Crippen LogP contribution in [0.25, 0.3) is 0 Å². The first-order valence-corrected chi connectivity index (χ1v) is 7.31. The summed E-state index contributed by atoms with van der Waals surface area (Å²) in [5, 5.41) is 2.92. The van der Waals surface area contributed by atoms with Crippen molar-refractivity contribution in [1.29, 1.82) is 0 Å². The molecule has 0 aromatic heterocycles. The zero-order valence-electron chi connectivity index (χ0n) is 13.5. The topological polar surface area (TPSA) is 58.6 Å². The maximum absolute atomic E-state index is 12.0. The van der Waals surface area contributed by atoms with Crippen LogP contribution in [-0.2, 0) is 9.53 Å².